The first-order valence-electron chi connectivity index (χ1n) is 13.7. The first kappa shape index (κ1) is 28.6. The van der Waals surface area contributed by atoms with Gasteiger partial charge >= 0.3 is 0 Å². The van der Waals surface area contributed by atoms with Crippen LogP contribution in [0.1, 0.15) is 163 Å². The molecular formula is C29H56. The van der Waals surface area contributed by atoms with E-state index in [4.69, 9.17) is 0 Å². The Kier molecular flexibility index (Phi) is 23.5. The Morgan fingerprint density at radius 3 is 1.31 bits per heavy atom. The summed E-state index contributed by atoms with van der Waals surface area (Å²) in [5.74, 6) is 8.37. The van der Waals surface area contributed by atoms with Crippen LogP contribution in [0.4, 0.5) is 0 Å². The Morgan fingerprint density at radius 1 is 0.448 bits per heavy atom. The van der Waals surface area contributed by atoms with E-state index in [1.807, 2.05) is 0 Å². The number of unbranched alkanes of at least 4 members (excludes halogenated alkanes) is 14. The molecular weight excluding hydrogens is 348 g/mol. The minimum atomic E-state index is 0.793. The van der Waals surface area contributed by atoms with Gasteiger partial charge in [-0.3, -0.25) is 0 Å². The molecule has 0 aliphatic rings. The van der Waals surface area contributed by atoms with E-state index in [9.17, 15) is 0 Å². The zero-order valence-electron chi connectivity index (χ0n) is 21.0. The van der Waals surface area contributed by atoms with Gasteiger partial charge in [0.1, 0.15) is 0 Å². The lowest BCUT2D eigenvalue weighted by atomic mass is 9.95. The fraction of sp³-hybridized carbons (Fsp3) is 0.931. The average molecular weight is 405 g/mol. The van der Waals surface area contributed by atoms with E-state index < -0.39 is 0 Å². The first-order valence-corrected chi connectivity index (χ1v) is 13.7. The molecule has 0 fully saturated rings. The summed E-state index contributed by atoms with van der Waals surface area (Å²) in [4.78, 5) is 0. The molecule has 172 valence electrons. The van der Waals surface area contributed by atoms with Gasteiger partial charge in [0.2, 0.25) is 0 Å². The summed E-state index contributed by atoms with van der Waals surface area (Å²) in [7, 11) is 0. The maximum atomic E-state index is 3.35. The molecule has 0 saturated carbocycles. The number of hydrogen-bond donors (Lipinski definition) is 0. The van der Waals surface area contributed by atoms with E-state index in [0.29, 0.717) is 0 Å². The Balaban J connectivity index is 3.27. The van der Waals surface area contributed by atoms with E-state index in [-0.39, 0.29) is 0 Å². The van der Waals surface area contributed by atoms with Gasteiger partial charge in [0.15, 0.2) is 0 Å². The molecule has 0 saturated heterocycles. The van der Waals surface area contributed by atoms with Crippen LogP contribution in [0.5, 0.6) is 0 Å². The second-order valence-corrected chi connectivity index (χ2v) is 9.83. The third-order valence-electron chi connectivity index (χ3n) is 6.39. The van der Waals surface area contributed by atoms with Crippen LogP contribution < -0.4 is 0 Å². The molecule has 0 heterocycles. The quantitative estimate of drug-likeness (QED) is 0.132. The normalized spacial score (nSPS) is 13.1. The molecule has 0 aromatic heterocycles. The zero-order valence-corrected chi connectivity index (χ0v) is 21.0. The summed E-state index contributed by atoms with van der Waals surface area (Å²) >= 11 is 0. The molecule has 0 N–H and O–H groups in total. The van der Waals surface area contributed by atoms with Crippen molar-refractivity contribution in [3.63, 3.8) is 0 Å². The van der Waals surface area contributed by atoms with Crippen molar-refractivity contribution in [2.24, 2.45) is 11.8 Å². The monoisotopic (exact) mass is 404 g/mol. The van der Waals surface area contributed by atoms with Crippen LogP contribution in [0, 0.1) is 23.7 Å². The van der Waals surface area contributed by atoms with E-state index in [1.54, 1.807) is 0 Å². The molecule has 0 rings (SSSR count). The third kappa shape index (κ3) is 23.7. The predicted molar refractivity (Wildman–Crippen MR) is 134 cm³/mol. The summed E-state index contributed by atoms with van der Waals surface area (Å²) in [6.07, 6.45) is 29.4. The highest BCUT2D eigenvalue weighted by Gasteiger charge is 2.03. The van der Waals surface area contributed by atoms with Crippen LogP contribution >= 0.6 is 0 Å². The highest BCUT2D eigenvalue weighted by molar-refractivity contribution is 4.99. The minimum absolute atomic E-state index is 0.793. The highest BCUT2D eigenvalue weighted by atomic mass is 14.1. The van der Waals surface area contributed by atoms with E-state index in [2.05, 4.69) is 39.5 Å². The molecule has 0 aliphatic heterocycles. The fourth-order valence-corrected chi connectivity index (χ4v) is 4.20. The molecule has 2 unspecified atom stereocenters. The maximum Gasteiger partial charge on any atom is 0.0114 e. The lowest BCUT2D eigenvalue weighted by Crippen LogP contribution is -1.95. The molecule has 0 radical (unpaired) electrons. The molecule has 0 amide bonds. The Hall–Kier alpha value is -0.440. The van der Waals surface area contributed by atoms with Gasteiger partial charge in [0.05, 0.1) is 0 Å². The molecule has 0 bridgehead atoms. The maximum absolute atomic E-state index is 3.35. The van der Waals surface area contributed by atoms with Crippen LogP contribution in [0.15, 0.2) is 0 Å². The van der Waals surface area contributed by atoms with Gasteiger partial charge in [-0.2, -0.15) is 0 Å². The van der Waals surface area contributed by atoms with Crippen LogP contribution in [-0.4, -0.2) is 0 Å². The van der Waals surface area contributed by atoms with Gasteiger partial charge in [-0.05, 0) is 24.7 Å². The molecule has 29 heavy (non-hydrogen) atoms. The van der Waals surface area contributed by atoms with Crippen LogP contribution in [0.3, 0.4) is 0 Å². The summed E-state index contributed by atoms with van der Waals surface area (Å²) < 4.78 is 0. The summed E-state index contributed by atoms with van der Waals surface area (Å²) in [5.41, 5.74) is 0. The van der Waals surface area contributed by atoms with Crippen molar-refractivity contribution in [2.75, 3.05) is 0 Å². The SMILES string of the molecule is CCCC#CCC(C)CCCCCCCCC(C)CCCCCCCCCCC. The number of rotatable bonds is 21. The van der Waals surface area contributed by atoms with Crippen molar-refractivity contribution in [1.82, 2.24) is 0 Å². The van der Waals surface area contributed by atoms with Crippen molar-refractivity contribution < 1.29 is 0 Å². The van der Waals surface area contributed by atoms with Crippen LogP contribution in [0.25, 0.3) is 0 Å². The van der Waals surface area contributed by atoms with Gasteiger partial charge in [0.25, 0.3) is 0 Å². The molecule has 0 aliphatic carbocycles. The lowest BCUT2D eigenvalue weighted by Gasteiger charge is -2.11. The minimum Gasteiger partial charge on any atom is -0.103 e. The Labute approximate surface area is 186 Å². The van der Waals surface area contributed by atoms with Crippen LogP contribution in [-0.2, 0) is 0 Å². The molecule has 0 aromatic carbocycles. The van der Waals surface area contributed by atoms with Crippen molar-refractivity contribution in [2.45, 2.75) is 163 Å². The number of hydrogen-bond acceptors (Lipinski definition) is 0. The van der Waals surface area contributed by atoms with Gasteiger partial charge in [-0.15, -0.1) is 11.8 Å². The van der Waals surface area contributed by atoms with Gasteiger partial charge in [0, 0.05) is 12.8 Å². The van der Waals surface area contributed by atoms with Crippen molar-refractivity contribution in [3.05, 3.63) is 0 Å². The van der Waals surface area contributed by atoms with E-state index in [1.165, 1.54) is 122 Å². The predicted octanol–water partition coefficient (Wildman–Crippen LogP) is 10.5. The second kappa shape index (κ2) is 23.8. The summed E-state index contributed by atoms with van der Waals surface area (Å²) in [6.45, 7) is 9.36. The summed E-state index contributed by atoms with van der Waals surface area (Å²) in [5, 5.41) is 0. The van der Waals surface area contributed by atoms with Gasteiger partial charge < -0.3 is 0 Å². The molecule has 0 spiro atoms. The summed E-state index contributed by atoms with van der Waals surface area (Å²) in [6, 6.07) is 0. The van der Waals surface area contributed by atoms with Gasteiger partial charge in [-0.25, -0.2) is 0 Å². The topological polar surface area (TPSA) is 0 Å². The average Bonchev–Trinajstić information content (AvgIpc) is 2.72. The van der Waals surface area contributed by atoms with E-state index >= 15 is 0 Å². The Morgan fingerprint density at radius 2 is 0.862 bits per heavy atom. The fourth-order valence-electron chi connectivity index (χ4n) is 4.20. The van der Waals surface area contributed by atoms with E-state index in [0.717, 1.165) is 24.7 Å². The zero-order chi connectivity index (χ0) is 21.4. The molecule has 0 aromatic rings. The molecule has 0 heteroatoms. The molecule has 2 atom stereocenters. The highest BCUT2D eigenvalue weighted by Crippen LogP contribution is 2.19. The first-order chi connectivity index (χ1) is 14.2. The van der Waals surface area contributed by atoms with Crippen molar-refractivity contribution >= 4 is 0 Å². The molecule has 0 nitrogen and oxygen atoms in total. The standard InChI is InChI=1S/C29H56/c1-5-7-9-11-12-13-14-17-21-26-29(4)27-23-19-16-15-18-22-25-28(3)24-20-10-8-6-2/h28-29H,5-9,11-19,21-27H2,1-4H3. The lowest BCUT2D eigenvalue weighted by molar-refractivity contribution is 0.428. The Bertz CT molecular complexity index is 358. The van der Waals surface area contributed by atoms with Crippen molar-refractivity contribution in [1.29, 1.82) is 0 Å². The second-order valence-electron chi connectivity index (χ2n) is 9.83. The van der Waals surface area contributed by atoms with Crippen molar-refractivity contribution in [3.8, 4) is 11.8 Å². The largest absolute Gasteiger partial charge is 0.103 e. The van der Waals surface area contributed by atoms with Crippen LogP contribution in [0.2, 0.25) is 0 Å². The smallest absolute Gasteiger partial charge is 0.0114 e. The van der Waals surface area contributed by atoms with Gasteiger partial charge in [-0.1, -0.05) is 137 Å². The third-order valence-corrected chi connectivity index (χ3v) is 6.39.